The van der Waals surface area contributed by atoms with Gasteiger partial charge in [-0.2, -0.15) is 0 Å². The van der Waals surface area contributed by atoms with E-state index >= 15 is 0 Å². The first kappa shape index (κ1) is 17.4. The van der Waals surface area contributed by atoms with Crippen LogP contribution in [0.4, 0.5) is 4.39 Å². The van der Waals surface area contributed by atoms with Gasteiger partial charge in [0.15, 0.2) is 0 Å². The summed E-state index contributed by atoms with van der Waals surface area (Å²) in [6.45, 7) is 2.51. The normalized spacial score (nSPS) is 11.4. The van der Waals surface area contributed by atoms with Gasteiger partial charge in [-0.3, -0.25) is 4.79 Å². The quantitative estimate of drug-likeness (QED) is 0.602. The smallest absolute Gasteiger partial charge is 0.264 e. The number of halogens is 3. The van der Waals surface area contributed by atoms with E-state index in [-0.39, 0.29) is 10.0 Å². The number of rotatable bonds is 6. The summed E-state index contributed by atoms with van der Waals surface area (Å²) < 4.78 is 36.1. The second kappa shape index (κ2) is 7.38. The Labute approximate surface area is 130 Å². The molecular weight excluding hydrogens is 373 g/mol. The fourth-order valence-corrected chi connectivity index (χ4v) is 2.96. The van der Waals surface area contributed by atoms with Crippen LogP contribution in [0.3, 0.4) is 0 Å². The van der Waals surface area contributed by atoms with E-state index in [1.165, 1.54) is 0 Å². The van der Waals surface area contributed by atoms with Crippen molar-refractivity contribution in [1.29, 1.82) is 0 Å². The van der Waals surface area contributed by atoms with Gasteiger partial charge in [-0.1, -0.05) is 19.8 Å². The van der Waals surface area contributed by atoms with Crippen molar-refractivity contribution < 1.29 is 17.6 Å². The van der Waals surface area contributed by atoms with Crippen LogP contribution in [0, 0.1) is 5.82 Å². The van der Waals surface area contributed by atoms with E-state index in [1.807, 2.05) is 6.92 Å². The second-order valence-electron chi connectivity index (χ2n) is 4.16. The third kappa shape index (κ3) is 4.71. The minimum atomic E-state index is -4.24. The maximum Gasteiger partial charge on any atom is 0.264 e. The molecule has 4 nitrogen and oxygen atoms in total. The average molecular weight is 387 g/mol. The van der Waals surface area contributed by atoms with Crippen molar-refractivity contribution in [3.05, 3.63) is 28.0 Å². The fourth-order valence-electron chi connectivity index (χ4n) is 1.56. The molecule has 8 heteroatoms. The molecule has 0 saturated heterocycles. The average Bonchev–Trinajstić information content (AvgIpc) is 2.32. The molecule has 0 atom stereocenters. The molecule has 0 heterocycles. The highest BCUT2D eigenvalue weighted by molar-refractivity contribution is 9.10. The summed E-state index contributed by atoms with van der Waals surface area (Å²) >= 11 is 3.03. The molecule has 112 valence electrons. The molecule has 0 radical (unpaired) electrons. The summed E-state index contributed by atoms with van der Waals surface area (Å²) in [4.78, 5) is 11.2. The molecule has 1 amide bonds. The van der Waals surface area contributed by atoms with E-state index in [0.717, 1.165) is 31.4 Å². The predicted octanol–water partition coefficient (Wildman–Crippen LogP) is 3.44. The zero-order chi connectivity index (χ0) is 15.3. The molecule has 0 aliphatic rings. The van der Waals surface area contributed by atoms with Crippen molar-refractivity contribution in [1.82, 2.24) is 5.32 Å². The zero-order valence-electron chi connectivity index (χ0n) is 10.8. The van der Waals surface area contributed by atoms with Gasteiger partial charge in [-0.25, -0.2) is 12.8 Å². The first-order chi connectivity index (χ1) is 9.27. The van der Waals surface area contributed by atoms with Crippen LogP contribution >= 0.6 is 26.6 Å². The second-order valence-corrected chi connectivity index (χ2v) is 7.55. The molecule has 1 aromatic rings. The highest BCUT2D eigenvalue weighted by Gasteiger charge is 2.21. The van der Waals surface area contributed by atoms with Gasteiger partial charge in [0.05, 0.1) is 5.56 Å². The van der Waals surface area contributed by atoms with Crippen molar-refractivity contribution in [2.45, 2.75) is 31.1 Å². The SMILES string of the molecule is CCCCCNC(=O)c1cc(S(=O)(=O)Cl)c(F)cc1Br. The molecule has 1 N–H and O–H groups in total. The van der Waals surface area contributed by atoms with Crippen LogP contribution in [0.15, 0.2) is 21.5 Å². The first-order valence-corrected chi connectivity index (χ1v) is 9.09. The molecule has 20 heavy (non-hydrogen) atoms. The summed E-state index contributed by atoms with van der Waals surface area (Å²) in [6.07, 6.45) is 2.82. The Morgan fingerprint density at radius 3 is 2.60 bits per heavy atom. The lowest BCUT2D eigenvalue weighted by molar-refractivity contribution is 0.0952. The third-order valence-electron chi connectivity index (χ3n) is 2.59. The molecule has 0 saturated carbocycles. The Hall–Kier alpha value is -0.660. The summed E-state index contributed by atoms with van der Waals surface area (Å²) in [5.74, 6) is -1.48. The molecular formula is C12H14BrClFNO3S. The van der Waals surface area contributed by atoms with Gasteiger partial charge in [0.2, 0.25) is 0 Å². The van der Waals surface area contributed by atoms with Gasteiger partial charge in [0, 0.05) is 21.7 Å². The van der Waals surface area contributed by atoms with Crippen molar-refractivity contribution in [3.8, 4) is 0 Å². The first-order valence-electron chi connectivity index (χ1n) is 5.99. The van der Waals surface area contributed by atoms with Crippen molar-refractivity contribution in [3.63, 3.8) is 0 Å². The van der Waals surface area contributed by atoms with E-state index in [2.05, 4.69) is 21.2 Å². The number of carbonyl (C=O) groups is 1. The molecule has 0 fully saturated rings. The Balaban J connectivity index is 2.98. The Morgan fingerprint density at radius 2 is 2.05 bits per heavy atom. The van der Waals surface area contributed by atoms with Crippen LogP contribution in [0.2, 0.25) is 0 Å². The Bertz CT molecular complexity index is 607. The molecule has 0 unspecified atom stereocenters. The number of hydrogen-bond donors (Lipinski definition) is 1. The van der Waals surface area contributed by atoms with Crippen LogP contribution in [-0.2, 0) is 9.05 Å². The fraction of sp³-hybridized carbons (Fsp3) is 0.417. The molecule has 1 rings (SSSR count). The summed E-state index contributed by atoms with van der Waals surface area (Å²) in [7, 11) is 0.885. The number of amides is 1. The van der Waals surface area contributed by atoms with Crippen molar-refractivity contribution in [2.24, 2.45) is 0 Å². The summed E-state index contributed by atoms with van der Waals surface area (Å²) in [6, 6.07) is 1.84. The molecule has 0 aromatic heterocycles. The minimum absolute atomic E-state index is 0.0297. The van der Waals surface area contributed by atoms with E-state index in [4.69, 9.17) is 10.7 Å². The third-order valence-corrected chi connectivity index (χ3v) is 4.59. The lowest BCUT2D eigenvalue weighted by Crippen LogP contribution is -2.25. The monoisotopic (exact) mass is 385 g/mol. The van der Waals surface area contributed by atoms with E-state index in [0.29, 0.717) is 6.54 Å². The minimum Gasteiger partial charge on any atom is -0.352 e. The van der Waals surface area contributed by atoms with Gasteiger partial charge in [-0.15, -0.1) is 0 Å². The number of carbonyl (C=O) groups excluding carboxylic acids is 1. The van der Waals surface area contributed by atoms with Crippen molar-refractivity contribution >= 4 is 41.6 Å². The van der Waals surface area contributed by atoms with E-state index in [9.17, 15) is 17.6 Å². The molecule has 0 aliphatic heterocycles. The highest BCUT2D eigenvalue weighted by atomic mass is 79.9. The van der Waals surface area contributed by atoms with E-state index < -0.39 is 25.7 Å². The van der Waals surface area contributed by atoms with E-state index in [1.54, 1.807) is 0 Å². The van der Waals surface area contributed by atoms with Crippen LogP contribution in [0.1, 0.15) is 36.5 Å². The van der Waals surface area contributed by atoms with Crippen LogP contribution in [-0.4, -0.2) is 20.9 Å². The zero-order valence-corrected chi connectivity index (χ0v) is 13.9. The lowest BCUT2D eigenvalue weighted by Gasteiger charge is -2.08. The van der Waals surface area contributed by atoms with Crippen molar-refractivity contribution in [2.75, 3.05) is 6.54 Å². The van der Waals surface area contributed by atoms with Crippen LogP contribution < -0.4 is 5.32 Å². The number of unbranched alkanes of at least 4 members (excludes halogenated alkanes) is 2. The van der Waals surface area contributed by atoms with Gasteiger partial charge in [0.1, 0.15) is 10.7 Å². The van der Waals surface area contributed by atoms with Gasteiger partial charge in [0.25, 0.3) is 15.0 Å². The number of nitrogens with one attached hydrogen (secondary N) is 1. The molecule has 1 aromatic carbocycles. The predicted molar refractivity (Wildman–Crippen MR) is 79.0 cm³/mol. The lowest BCUT2D eigenvalue weighted by atomic mass is 10.2. The van der Waals surface area contributed by atoms with Gasteiger partial charge < -0.3 is 5.32 Å². The highest BCUT2D eigenvalue weighted by Crippen LogP contribution is 2.26. The summed E-state index contributed by atoms with van der Waals surface area (Å²) in [5.41, 5.74) is 0.0297. The Kier molecular flexibility index (Phi) is 6.42. The molecule has 0 spiro atoms. The molecule has 0 aliphatic carbocycles. The number of hydrogen-bond acceptors (Lipinski definition) is 3. The number of benzene rings is 1. The van der Waals surface area contributed by atoms with Gasteiger partial charge >= 0.3 is 0 Å². The van der Waals surface area contributed by atoms with Crippen LogP contribution in [0.5, 0.6) is 0 Å². The molecule has 0 bridgehead atoms. The summed E-state index contributed by atoms with van der Waals surface area (Å²) in [5, 5.41) is 2.64. The maximum absolute atomic E-state index is 13.5. The maximum atomic E-state index is 13.5. The standard InChI is InChI=1S/C12H14BrClFNO3S/c1-2-3-4-5-16-12(17)8-6-11(20(14,18)19)10(15)7-9(8)13/h6-7H,2-5H2,1H3,(H,16,17). The van der Waals surface area contributed by atoms with Crippen LogP contribution in [0.25, 0.3) is 0 Å². The topological polar surface area (TPSA) is 63.2 Å². The van der Waals surface area contributed by atoms with Gasteiger partial charge in [-0.05, 0) is 34.5 Å². The largest absolute Gasteiger partial charge is 0.352 e. The Morgan fingerprint density at radius 1 is 1.40 bits per heavy atom.